The van der Waals surface area contributed by atoms with E-state index in [4.69, 9.17) is 5.73 Å². The molecule has 120 valence electrons. The summed E-state index contributed by atoms with van der Waals surface area (Å²) >= 11 is 3.16. The van der Waals surface area contributed by atoms with Crippen molar-refractivity contribution >= 4 is 21.8 Å². The Labute approximate surface area is 142 Å². The van der Waals surface area contributed by atoms with Crippen LogP contribution in [0.5, 0.6) is 0 Å². The highest BCUT2D eigenvalue weighted by atomic mass is 79.9. The van der Waals surface area contributed by atoms with Crippen LogP contribution in [0.2, 0.25) is 0 Å². The number of carbonyl (C=O) groups excluding carboxylic acids is 1. The fourth-order valence-electron chi connectivity index (χ4n) is 3.12. The zero-order valence-electron chi connectivity index (χ0n) is 12.5. The van der Waals surface area contributed by atoms with Crippen molar-refractivity contribution in [2.75, 3.05) is 19.6 Å². The Morgan fingerprint density at radius 2 is 2.04 bits per heavy atom. The van der Waals surface area contributed by atoms with Crippen LogP contribution in [0.25, 0.3) is 0 Å². The second kappa shape index (κ2) is 6.68. The van der Waals surface area contributed by atoms with Crippen molar-refractivity contribution in [2.24, 2.45) is 11.7 Å². The molecular formula is C17H18BrN3O2. The molecule has 1 aromatic carbocycles. The third-order valence-corrected chi connectivity index (χ3v) is 4.95. The zero-order valence-corrected chi connectivity index (χ0v) is 14.1. The van der Waals surface area contributed by atoms with Gasteiger partial charge in [0.05, 0.1) is 10.0 Å². The lowest BCUT2D eigenvalue weighted by molar-refractivity contribution is 0.0786. The van der Waals surface area contributed by atoms with Crippen molar-refractivity contribution in [3.63, 3.8) is 0 Å². The number of aromatic nitrogens is 1. The molecule has 2 heterocycles. The van der Waals surface area contributed by atoms with E-state index in [2.05, 4.69) is 33.0 Å². The molecule has 0 aliphatic carbocycles. The summed E-state index contributed by atoms with van der Waals surface area (Å²) in [6.07, 6.45) is 1.46. The van der Waals surface area contributed by atoms with Crippen LogP contribution in [-0.2, 0) is 0 Å². The number of nitrogens with two attached hydrogens (primary N) is 1. The van der Waals surface area contributed by atoms with Gasteiger partial charge in [-0.05, 0) is 40.0 Å². The predicted molar refractivity (Wildman–Crippen MR) is 92.4 cm³/mol. The third kappa shape index (κ3) is 3.23. The molecule has 0 spiro atoms. The number of carbonyl (C=O) groups is 1. The molecule has 2 atom stereocenters. The van der Waals surface area contributed by atoms with E-state index in [0.717, 1.165) is 0 Å². The molecule has 1 fully saturated rings. The summed E-state index contributed by atoms with van der Waals surface area (Å²) in [5.74, 6) is 0.405. The number of pyridine rings is 1. The van der Waals surface area contributed by atoms with Gasteiger partial charge < -0.3 is 15.6 Å². The van der Waals surface area contributed by atoms with Gasteiger partial charge >= 0.3 is 0 Å². The van der Waals surface area contributed by atoms with Gasteiger partial charge in [-0.15, -0.1) is 0 Å². The smallest absolute Gasteiger partial charge is 0.262 e. The van der Waals surface area contributed by atoms with Gasteiger partial charge in [-0.25, -0.2) is 0 Å². The summed E-state index contributed by atoms with van der Waals surface area (Å²) in [7, 11) is 0. The number of hydrogen-bond donors (Lipinski definition) is 2. The normalized spacial score (nSPS) is 20.7. The minimum Gasteiger partial charge on any atom is -0.338 e. The Hall–Kier alpha value is -1.92. The van der Waals surface area contributed by atoms with Crippen molar-refractivity contribution in [1.82, 2.24) is 9.88 Å². The lowest BCUT2D eigenvalue weighted by Crippen LogP contribution is -2.30. The molecule has 1 amide bonds. The van der Waals surface area contributed by atoms with E-state index in [1.807, 2.05) is 23.1 Å². The Morgan fingerprint density at radius 1 is 1.30 bits per heavy atom. The molecule has 2 aromatic rings. The molecule has 0 unspecified atom stereocenters. The SMILES string of the molecule is NC[C@@H]1CN(C(=O)c2c[nH]c(=O)c(Br)c2)C[C@H]1c1ccccc1. The van der Waals surface area contributed by atoms with Crippen LogP contribution in [0.1, 0.15) is 21.8 Å². The minimum atomic E-state index is -0.245. The van der Waals surface area contributed by atoms with E-state index < -0.39 is 0 Å². The van der Waals surface area contributed by atoms with Gasteiger partial charge in [-0.2, -0.15) is 0 Å². The number of likely N-dealkylation sites (tertiary alicyclic amines) is 1. The summed E-state index contributed by atoms with van der Waals surface area (Å²) in [6.45, 7) is 1.81. The highest BCUT2D eigenvalue weighted by molar-refractivity contribution is 9.10. The van der Waals surface area contributed by atoms with Gasteiger partial charge in [-0.1, -0.05) is 30.3 Å². The molecule has 3 rings (SSSR count). The van der Waals surface area contributed by atoms with Gasteiger partial charge in [-0.3, -0.25) is 9.59 Å². The van der Waals surface area contributed by atoms with Gasteiger partial charge in [0.2, 0.25) is 0 Å². The van der Waals surface area contributed by atoms with E-state index in [1.165, 1.54) is 11.8 Å². The van der Waals surface area contributed by atoms with Crippen LogP contribution < -0.4 is 11.3 Å². The summed E-state index contributed by atoms with van der Waals surface area (Å²) in [5.41, 5.74) is 7.35. The van der Waals surface area contributed by atoms with Crippen LogP contribution in [0.4, 0.5) is 0 Å². The van der Waals surface area contributed by atoms with E-state index in [0.29, 0.717) is 29.7 Å². The molecule has 1 aliphatic rings. The van der Waals surface area contributed by atoms with Crippen LogP contribution in [-0.4, -0.2) is 35.4 Å². The number of aromatic amines is 1. The van der Waals surface area contributed by atoms with Crippen molar-refractivity contribution in [1.29, 1.82) is 0 Å². The lowest BCUT2D eigenvalue weighted by Gasteiger charge is -2.17. The molecule has 0 saturated carbocycles. The quantitative estimate of drug-likeness (QED) is 0.860. The van der Waals surface area contributed by atoms with Gasteiger partial charge in [0.1, 0.15) is 0 Å². The fraction of sp³-hybridized carbons (Fsp3) is 0.294. The van der Waals surface area contributed by atoms with Crippen LogP contribution in [0.3, 0.4) is 0 Å². The second-order valence-electron chi connectivity index (χ2n) is 5.79. The van der Waals surface area contributed by atoms with E-state index in [1.54, 1.807) is 6.07 Å². The topological polar surface area (TPSA) is 79.2 Å². The predicted octanol–water partition coefficient (Wildman–Crippen LogP) is 1.95. The van der Waals surface area contributed by atoms with E-state index in [-0.39, 0.29) is 23.3 Å². The number of halogens is 1. The number of benzene rings is 1. The minimum absolute atomic E-state index is 0.0844. The molecule has 1 aliphatic heterocycles. The van der Waals surface area contributed by atoms with E-state index >= 15 is 0 Å². The summed E-state index contributed by atoms with van der Waals surface area (Å²) < 4.78 is 0.359. The van der Waals surface area contributed by atoms with Crippen molar-refractivity contribution < 1.29 is 4.79 Å². The summed E-state index contributed by atoms with van der Waals surface area (Å²) in [5, 5.41) is 0. The molecule has 0 bridgehead atoms. The highest BCUT2D eigenvalue weighted by Gasteiger charge is 2.35. The third-order valence-electron chi connectivity index (χ3n) is 4.36. The molecule has 1 saturated heterocycles. The standard InChI is InChI=1S/C17H18BrN3O2/c18-15-6-12(8-20-16(15)22)17(23)21-9-13(7-19)14(10-21)11-4-2-1-3-5-11/h1-6,8,13-14H,7,9-10,19H2,(H,20,22)/t13-,14+/m1/s1. The molecule has 3 N–H and O–H groups in total. The average molecular weight is 376 g/mol. The first-order chi connectivity index (χ1) is 11.1. The van der Waals surface area contributed by atoms with Crippen LogP contribution in [0.15, 0.2) is 51.9 Å². The monoisotopic (exact) mass is 375 g/mol. The van der Waals surface area contributed by atoms with Crippen molar-refractivity contribution in [2.45, 2.75) is 5.92 Å². The number of nitrogens with one attached hydrogen (secondary N) is 1. The number of rotatable bonds is 3. The Morgan fingerprint density at radius 3 is 2.70 bits per heavy atom. The van der Waals surface area contributed by atoms with Crippen molar-refractivity contribution in [3.05, 3.63) is 68.5 Å². The second-order valence-corrected chi connectivity index (χ2v) is 6.64. The summed E-state index contributed by atoms with van der Waals surface area (Å²) in [6, 6.07) is 11.7. The largest absolute Gasteiger partial charge is 0.338 e. The van der Waals surface area contributed by atoms with Crippen LogP contribution in [0, 0.1) is 5.92 Å². The summed E-state index contributed by atoms with van der Waals surface area (Å²) in [4.78, 5) is 28.5. The number of nitrogens with zero attached hydrogens (tertiary/aromatic N) is 1. The maximum Gasteiger partial charge on any atom is 0.262 e. The maximum absolute atomic E-state index is 12.7. The number of hydrogen-bond acceptors (Lipinski definition) is 3. The van der Waals surface area contributed by atoms with Gasteiger partial charge in [0.25, 0.3) is 11.5 Å². The Kier molecular flexibility index (Phi) is 4.63. The molecule has 6 heteroatoms. The first kappa shape index (κ1) is 16.0. The maximum atomic E-state index is 12.7. The fourth-order valence-corrected chi connectivity index (χ4v) is 3.48. The lowest BCUT2D eigenvalue weighted by atomic mass is 9.89. The molecule has 5 nitrogen and oxygen atoms in total. The highest BCUT2D eigenvalue weighted by Crippen LogP contribution is 2.32. The first-order valence-electron chi connectivity index (χ1n) is 7.52. The van der Waals surface area contributed by atoms with Gasteiger partial charge in [0, 0.05) is 25.2 Å². The molecular weight excluding hydrogens is 358 g/mol. The molecule has 1 aromatic heterocycles. The van der Waals surface area contributed by atoms with Crippen molar-refractivity contribution in [3.8, 4) is 0 Å². The molecule has 0 radical (unpaired) electrons. The Bertz CT molecular complexity index is 760. The molecule has 23 heavy (non-hydrogen) atoms. The average Bonchev–Trinajstić information content (AvgIpc) is 3.02. The Balaban J connectivity index is 1.83. The zero-order chi connectivity index (χ0) is 16.4. The van der Waals surface area contributed by atoms with Gasteiger partial charge in [0.15, 0.2) is 0 Å². The van der Waals surface area contributed by atoms with E-state index in [9.17, 15) is 9.59 Å². The number of H-pyrrole nitrogens is 1. The van der Waals surface area contributed by atoms with Crippen LogP contribution >= 0.6 is 15.9 Å². The number of amides is 1. The first-order valence-corrected chi connectivity index (χ1v) is 8.32.